The molecule has 82 valence electrons. The van der Waals surface area contributed by atoms with Gasteiger partial charge < -0.3 is 10.4 Å². The third-order valence-electron chi connectivity index (χ3n) is 2.88. The van der Waals surface area contributed by atoms with Crippen LogP contribution in [0.15, 0.2) is 12.3 Å². The lowest BCUT2D eigenvalue weighted by Crippen LogP contribution is -2.38. The summed E-state index contributed by atoms with van der Waals surface area (Å²) in [7, 11) is 1.74. The number of aliphatic hydroxyl groups is 1. The van der Waals surface area contributed by atoms with E-state index in [4.69, 9.17) is 5.11 Å². The Morgan fingerprint density at radius 1 is 1.73 bits per heavy atom. The third-order valence-corrected chi connectivity index (χ3v) is 2.88. The molecule has 1 aliphatic carbocycles. The minimum absolute atomic E-state index is 0.110. The van der Waals surface area contributed by atoms with E-state index in [1.54, 1.807) is 24.0 Å². The second-order valence-electron chi connectivity index (χ2n) is 4.05. The number of hydrogen-bond donors (Lipinski definition) is 2. The predicted octanol–water partition coefficient (Wildman–Crippen LogP) is 0.0649. The average molecular weight is 209 g/mol. The molecule has 0 aliphatic heterocycles. The Labute approximate surface area is 88.1 Å². The topological polar surface area (TPSA) is 67.2 Å². The number of aromatic nitrogens is 2. The van der Waals surface area contributed by atoms with Crippen molar-refractivity contribution in [2.24, 2.45) is 7.05 Å². The van der Waals surface area contributed by atoms with Gasteiger partial charge in [0.25, 0.3) is 5.91 Å². The van der Waals surface area contributed by atoms with Crippen LogP contribution in [-0.2, 0) is 7.05 Å². The summed E-state index contributed by atoms with van der Waals surface area (Å²) in [4.78, 5) is 11.8. The van der Waals surface area contributed by atoms with Gasteiger partial charge in [0.1, 0.15) is 5.69 Å². The number of amides is 1. The van der Waals surface area contributed by atoms with E-state index < -0.39 is 0 Å². The van der Waals surface area contributed by atoms with Crippen LogP contribution < -0.4 is 5.32 Å². The van der Waals surface area contributed by atoms with Gasteiger partial charge >= 0.3 is 0 Å². The monoisotopic (exact) mass is 209 g/mol. The molecule has 1 amide bonds. The Morgan fingerprint density at radius 2 is 2.47 bits per heavy atom. The normalized spacial score (nSPS) is 17.5. The predicted molar refractivity (Wildman–Crippen MR) is 54.3 cm³/mol. The van der Waals surface area contributed by atoms with Crippen molar-refractivity contribution in [3.05, 3.63) is 18.0 Å². The highest BCUT2D eigenvalue weighted by Crippen LogP contribution is 2.38. The highest BCUT2D eigenvalue weighted by Gasteiger charge is 2.43. The first-order chi connectivity index (χ1) is 7.17. The number of carbonyl (C=O) groups excluding carboxylic acids is 1. The van der Waals surface area contributed by atoms with E-state index in [-0.39, 0.29) is 18.1 Å². The molecule has 1 saturated carbocycles. The molecule has 2 rings (SSSR count). The Balaban J connectivity index is 2.02. The fourth-order valence-corrected chi connectivity index (χ4v) is 1.70. The molecule has 1 aromatic rings. The minimum atomic E-state index is -0.157. The lowest BCUT2D eigenvalue weighted by atomic mass is 10.2. The van der Waals surface area contributed by atoms with Gasteiger partial charge in [-0.3, -0.25) is 9.48 Å². The zero-order valence-electron chi connectivity index (χ0n) is 8.73. The van der Waals surface area contributed by atoms with Crippen LogP contribution in [0.5, 0.6) is 0 Å². The van der Waals surface area contributed by atoms with Gasteiger partial charge in [-0.25, -0.2) is 0 Å². The Hall–Kier alpha value is -1.36. The maximum Gasteiger partial charge on any atom is 0.269 e. The molecule has 0 radical (unpaired) electrons. The molecule has 1 heterocycles. The molecule has 0 spiro atoms. The number of aryl methyl sites for hydroxylation is 1. The summed E-state index contributed by atoms with van der Waals surface area (Å²) in [5.41, 5.74) is 0.398. The third kappa shape index (κ3) is 2.02. The van der Waals surface area contributed by atoms with Crippen molar-refractivity contribution in [2.45, 2.75) is 24.8 Å². The van der Waals surface area contributed by atoms with Crippen LogP contribution in [0, 0.1) is 0 Å². The lowest BCUT2D eigenvalue weighted by molar-refractivity contribution is 0.0914. The van der Waals surface area contributed by atoms with E-state index in [1.807, 2.05) is 0 Å². The highest BCUT2D eigenvalue weighted by atomic mass is 16.3. The van der Waals surface area contributed by atoms with Gasteiger partial charge in [0.05, 0.1) is 0 Å². The molecule has 5 heteroatoms. The van der Waals surface area contributed by atoms with Crippen molar-refractivity contribution in [2.75, 3.05) is 6.61 Å². The summed E-state index contributed by atoms with van der Waals surface area (Å²) in [6, 6.07) is 1.68. The van der Waals surface area contributed by atoms with Gasteiger partial charge in [0.15, 0.2) is 0 Å². The first kappa shape index (κ1) is 10.2. The van der Waals surface area contributed by atoms with Crippen LogP contribution in [0.3, 0.4) is 0 Å². The number of nitrogens with zero attached hydrogens (tertiary/aromatic N) is 2. The molecule has 15 heavy (non-hydrogen) atoms. The van der Waals surface area contributed by atoms with Gasteiger partial charge in [-0.2, -0.15) is 5.10 Å². The second kappa shape index (κ2) is 3.66. The van der Waals surface area contributed by atoms with Crippen LogP contribution in [0.25, 0.3) is 0 Å². The second-order valence-corrected chi connectivity index (χ2v) is 4.05. The Morgan fingerprint density at radius 3 is 2.93 bits per heavy atom. The van der Waals surface area contributed by atoms with Crippen molar-refractivity contribution in [3.63, 3.8) is 0 Å². The molecule has 0 unspecified atom stereocenters. The first-order valence-electron chi connectivity index (χ1n) is 5.08. The number of nitrogens with one attached hydrogen (secondary N) is 1. The van der Waals surface area contributed by atoms with Crippen molar-refractivity contribution in [3.8, 4) is 0 Å². The fourth-order valence-electron chi connectivity index (χ4n) is 1.70. The smallest absolute Gasteiger partial charge is 0.269 e. The van der Waals surface area contributed by atoms with Crippen LogP contribution in [0.4, 0.5) is 0 Å². The van der Waals surface area contributed by atoms with E-state index in [0.29, 0.717) is 12.1 Å². The Kier molecular flexibility index (Phi) is 2.48. The van der Waals surface area contributed by atoms with Crippen molar-refractivity contribution in [1.29, 1.82) is 0 Å². The average Bonchev–Trinajstić information content (AvgIpc) is 2.78. The molecule has 0 atom stereocenters. The van der Waals surface area contributed by atoms with E-state index in [1.165, 1.54) is 0 Å². The van der Waals surface area contributed by atoms with Gasteiger partial charge in [-0.1, -0.05) is 0 Å². The van der Waals surface area contributed by atoms with Crippen LogP contribution in [0.2, 0.25) is 0 Å². The van der Waals surface area contributed by atoms with E-state index in [0.717, 1.165) is 12.8 Å². The molecule has 0 saturated heterocycles. The first-order valence-corrected chi connectivity index (χ1v) is 5.08. The molecule has 1 fully saturated rings. The van der Waals surface area contributed by atoms with Gasteiger partial charge in [0.2, 0.25) is 0 Å². The van der Waals surface area contributed by atoms with Gasteiger partial charge in [-0.05, 0) is 25.3 Å². The van der Waals surface area contributed by atoms with E-state index >= 15 is 0 Å². The summed E-state index contributed by atoms with van der Waals surface area (Å²) in [5, 5.41) is 15.8. The standard InChI is InChI=1S/C10H15N3O2/c1-13-8(2-6-11-13)9(15)12-10(3-4-10)5-7-14/h2,6,14H,3-5,7H2,1H3,(H,12,15). The van der Waals surface area contributed by atoms with Crippen LogP contribution in [0.1, 0.15) is 29.8 Å². The van der Waals surface area contributed by atoms with E-state index in [9.17, 15) is 4.79 Å². The summed E-state index contributed by atoms with van der Waals surface area (Å²) in [6.07, 6.45) is 4.14. The van der Waals surface area contributed by atoms with Crippen LogP contribution >= 0.6 is 0 Å². The maximum absolute atomic E-state index is 11.8. The number of rotatable bonds is 4. The highest BCUT2D eigenvalue weighted by molar-refractivity contribution is 5.93. The minimum Gasteiger partial charge on any atom is -0.396 e. The van der Waals surface area contributed by atoms with Crippen molar-refractivity contribution < 1.29 is 9.90 Å². The van der Waals surface area contributed by atoms with Gasteiger partial charge in [0, 0.05) is 25.4 Å². The van der Waals surface area contributed by atoms with Crippen molar-refractivity contribution in [1.82, 2.24) is 15.1 Å². The molecule has 1 aromatic heterocycles. The zero-order valence-corrected chi connectivity index (χ0v) is 8.73. The van der Waals surface area contributed by atoms with Crippen LogP contribution in [-0.4, -0.2) is 32.9 Å². The lowest BCUT2D eigenvalue weighted by Gasteiger charge is -2.15. The SMILES string of the molecule is Cn1nccc1C(=O)NC1(CCO)CC1. The van der Waals surface area contributed by atoms with Gasteiger partial charge in [-0.15, -0.1) is 0 Å². The molecule has 0 aromatic carbocycles. The number of aliphatic hydroxyl groups excluding tert-OH is 1. The summed E-state index contributed by atoms with van der Waals surface area (Å²) in [5.74, 6) is -0.110. The van der Waals surface area contributed by atoms with E-state index in [2.05, 4.69) is 10.4 Å². The summed E-state index contributed by atoms with van der Waals surface area (Å²) >= 11 is 0. The fraction of sp³-hybridized carbons (Fsp3) is 0.600. The molecule has 2 N–H and O–H groups in total. The largest absolute Gasteiger partial charge is 0.396 e. The summed E-state index contributed by atoms with van der Waals surface area (Å²) in [6.45, 7) is 0.117. The molecule has 1 aliphatic rings. The molecular weight excluding hydrogens is 194 g/mol. The molecular formula is C10H15N3O2. The number of hydrogen-bond acceptors (Lipinski definition) is 3. The molecule has 0 bridgehead atoms. The van der Waals surface area contributed by atoms with Crippen molar-refractivity contribution >= 4 is 5.91 Å². The zero-order chi connectivity index (χ0) is 10.9. The number of carbonyl (C=O) groups is 1. The summed E-state index contributed by atoms with van der Waals surface area (Å²) < 4.78 is 1.55. The maximum atomic E-state index is 11.8. The molecule has 5 nitrogen and oxygen atoms in total. The Bertz CT molecular complexity index is 368. The quantitative estimate of drug-likeness (QED) is 0.737.